The number of nitrogens with one attached hydrogen (secondary N) is 1. The number of para-hydroxylation sites is 1. The molecule has 0 spiro atoms. The van der Waals surface area contributed by atoms with Crippen LogP contribution in [0.1, 0.15) is 24.8 Å². The molecular weight excluding hydrogens is 314 g/mol. The lowest BCUT2D eigenvalue weighted by Gasteiger charge is -2.30. The molecule has 0 saturated carbocycles. The number of benzene rings is 1. The minimum absolute atomic E-state index is 0.0792. The molecule has 1 aliphatic rings. The van der Waals surface area contributed by atoms with Crippen LogP contribution in [0.15, 0.2) is 42.7 Å². The molecule has 1 amide bonds. The number of hydrogen-bond acceptors (Lipinski definition) is 4. The number of nitrogens with two attached hydrogens (primary N) is 1. The topological polar surface area (TPSA) is 76.2 Å². The molecule has 1 saturated heterocycles. The number of piperidine rings is 1. The van der Waals surface area contributed by atoms with E-state index in [9.17, 15) is 4.79 Å². The number of likely N-dealkylation sites (tertiary alicyclic amines) is 1. The van der Waals surface area contributed by atoms with E-state index in [4.69, 9.17) is 5.73 Å². The molecule has 1 aromatic heterocycles. The van der Waals surface area contributed by atoms with Crippen molar-refractivity contribution in [1.29, 1.82) is 0 Å². The standard InChI is InChI=1S/C19H27N5O/c20-19(25)17-7-11-23(12-8-17)10-4-9-21-13-16-14-22-24(15-16)18-5-2-1-3-6-18/h1-3,5-6,14-15,17,21H,4,7-13H2,(H2,20,25). The minimum Gasteiger partial charge on any atom is -0.369 e. The van der Waals surface area contributed by atoms with Crippen molar-refractivity contribution in [3.8, 4) is 5.69 Å². The van der Waals surface area contributed by atoms with Gasteiger partial charge in [-0.15, -0.1) is 0 Å². The van der Waals surface area contributed by atoms with E-state index in [1.165, 1.54) is 5.56 Å². The zero-order chi connectivity index (χ0) is 17.5. The van der Waals surface area contributed by atoms with Gasteiger partial charge >= 0.3 is 0 Å². The number of nitrogens with zero attached hydrogens (tertiary/aromatic N) is 3. The number of carbonyl (C=O) groups is 1. The monoisotopic (exact) mass is 341 g/mol. The molecular formula is C19H27N5O. The van der Waals surface area contributed by atoms with Crippen LogP contribution >= 0.6 is 0 Å². The lowest BCUT2D eigenvalue weighted by molar-refractivity contribution is -0.123. The van der Waals surface area contributed by atoms with Crippen molar-refractivity contribution in [3.63, 3.8) is 0 Å². The van der Waals surface area contributed by atoms with E-state index >= 15 is 0 Å². The summed E-state index contributed by atoms with van der Waals surface area (Å²) in [4.78, 5) is 13.6. The molecule has 2 aromatic rings. The van der Waals surface area contributed by atoms with Gasteiger partial charge in [-0.1, -0.05) is 18.2 Å². The van der Waals surface area contributed by atoms with Crippen LogP contribution in [0.25, 0.3) is 5.69 Å². The first-order valence-electron chi connectivity index (χ1n) is 9.04. The van der Waals surface area contributed by atoms with Crippen LogP contribution in [0.3, 0.4) is 0 Å². The quantitative estimate of drug-likeness (QED) is 0.714. The van der Waals surface area contributed by atoms with Crippen LogP contribution in [0.5, 0.6) is 0 Å². The first-order valence-corrected chi connectivity index (χ1v) is 9.04. The Morgan fingerprint density at radius 1 is 1.24 bits per heavy atom. The highest BCUT2D eigenvalue weighted by Crippen LogP contribution is 2.16. The number of hydrogen-bond donors (Lipinski definition) is 2. The summed E-state index contributed by atoms with van der Waals surface area (Å²) < 4.78 is 1.90. The van der Waals surface area contributed by atoms with Crippen molar-refractivity contribution in [1.82, 2.24) is 20.0 Å². The van der Waals surface area contributed by atoms with Crippen molar-refractivity contribution >= 4 is 5.91 Å². The summed E-state index contributed by atoms with van der Waals surface area (Å²) in [6, 6.07) is 10.1. The van der Waals surface area contributed by atoms with E-state index in [1.807, 2.05) is 41.2 Å². The third-order valence-corrected chi connectivity index (χ3v) is 4.80. The Balaban J connectivity index is 1.32. The molecule has 0 radical (unpaired) electrons. The summed E-state index contributed by atoms with van der Waals surface area (Å²) in [6.07, 6.45) is 6.89. The maximum atomic E-state index is 11.2. The van der Waals surface area contributed by atoms with Crippen LogP contribution in [-0.2, 0) is 11.3 Å². The molecule has 0 bridgehead atoms. The summed E-state index contributed by atoms with van der Waals surface area (Å²) in [5.74, 6) is -0.0621. The second-order valence-corrected chi connectivity index (χ2v) is 6.68. The van der Waals surface area contributed by atoms with Crippen LogP contribution in [-0.4, -0.2) is 46.8 Å². The largest absolute Gasteiger partial charge is 0.369 e. The zero-order valence-corrected chi connectivity index (χ0v) is 14.6. The van der Waals surface area contributed by atoms with Gasteiger partial charge in [0.1, 0.15) is 0 Å². The van der Waals surface area contributed by atoms with Gasteiger partial charge < -0.3 is 16.0 Å². The normalized spacial score (nSPS) is 16.2. The average Bonchev–Trinajstić information content (AvgIpc) is 3.11. The lowest BCUT2D eigenvalue weighted by atomic mass is 9.96. The van der Waals surface area contributed by atoms with Crippen LogP contribution in [0.4, 0.5) is 0 Å². The Labute approximate surface area is 149 Å². The van der Waals surface area contributed by atoms with Gasteiger partial charge in [0.15, 0.2) is 0 Å². The van der Waals surface area contributed by atoms with Gasteiger partial charge in [0.05, 0.1) is 11.9 Å². The molecule has 3 N–H and O–H groups in total. The Morgan fingerprint density at radius 2 is 2.00 bits per heavy atom. The van der Waals surface area contributed by atoms with Crippen molar-refractivity contribution < 1.29 is 4.79 Å². The highest BCUT2D eigenvalue weighted by Gasteiger charge is 2.22. The van der Waals surface area contributed by atoms with E-state index in [2.05, 4.69) is 21.5 Å². The van der Waals surface area contributed by atoms with Crippen LogP contribution in [0.2, 0.25) is 0 Å². The van der Waals surface area contributed by atoms with Crippen molar-refractivity contribution in [2.45, 2.75) is 25.8 Å². The fourth-order valence-electron chi connectivity index (χ4n) is 3.27. The Kier molecular flexibility index (Phi) is 6.19. The fraction of sp³-hybridized carbons (Fsp3) is 0.474. The minimum atomic E-state index is -0.141. The molecule has 134 valence electrons. The van der Waals surface area contributed by atoms with Crippen molar-refractivity contribution in [2.75, 3.05) is 26.2 Å². The maximum Gasteiger partial charge on any atom is 0.220 e. The number of rotatable bonds is 8. The lowest BCUT2D eigenvalue weighted by Crippen LogP contribution is -2.39. The van der Waals surface area contributed by atoms with Crippen LogP contribution < -0.4 is 11.1 Å². The Bertz CT molecular complexity index is 661. The molecule has 25 heavy (non-hydrogen) atoms. The highest BCUT2D eigenvalue weighted by atomic mass is 16.1. The predicted molar refractivity (Wildman–Crippen MR) is 98.2 cm³/mol. The predicted octanol–water partition coefficient (Wildman–Crippen LogP) is 1.55. The SMILES string of the molecule is NC(=O)C1CCN(CCCNCc2cnn(-c3ccccc3)c2)CC1. The third kappa shape index (κ3) is 5.14. The first-order chi connectivity index (χ1) is 12.2. The summed E-state index contributed by atoms with van der Waals surface area (Å²) in [5, 5.41) is 7.89. The number of carbonyl (C=O) groups excluding carboxylic acids is 1. The second-order valence-electron chi connectivity index (χ2n) is 6.68. The summed E-state index contributed by atoms with van der Waals surface area (Å²) in [7, 11) is 0. The van der Waals surface area contributed by atoms with Crippen molar-refractivity contribution in [2.24, 2.45) is 11.7 Å². The van der Waals surface area contributed by atoms with Crippen LogP contribution in [0, 0.1) is 5.92 Å². The number of primary amides is 1. The van der Waals surface area contributed by atoms with E-state index in [0.29, 0.717) is 0 Å². The molecule has 0 atom stereocenters. The van der Waals surface area contributed by atoms with Gasteiger partial charge in [0.25, 0.3) is 0 Å². The molecule has 6 nitrogen and oxygen atoms in total. The maximum absolute atomic E-state index is 11.2. The van der Waals surface area contributed by atoms with Gasteiger partial charge in [-0.3, -0.25) is 4.79 Å². The summed E-state index contributed by atoms with van der Waals surface area (Å²) in [5.41, 5.74) is 7.64. The van der Waals surface area contributed by atoms with E-state index < -0.39 is 0 Å². The zero-order valence-electron chi connectivity index (χ0n) is 14.6. The second kappa shape index (κ2) is 8.78. The number of aromatic nitrogens is 2. The molecule has 2 heterocycles. The van der Waals surface area contributed by atoms with Gasteiger partial charge in [-0.05, 0) is 57.6 Å². The molecule has 0 aliphatic carbocycles. The smallest absolute Gasteiger partial charge is 0.220 e. The average molecular weight is 341 g/mol. The first kappa shape index (κ1) is 17.6. The Morgan fingerprint density at radius 3 is 2.72 bits per heavy atom. The third-order valence-electron chi connectivity index (χ3n) is 4.80. The molecule has 6 heteroatoms. The molecule has 1 aromatic carbocycles. The fourth-order valence-corrected chi connectivity index (χ4v) is 3.27. The molecule has 0 unspecified atom stereocenters. The van der Waals surface area contributed by atoms with Gasteiger partial charge in [0.2, 0.25) is 5.91 Å². The van der Waals surface area contributed by atoms with E-state index in [0.717, 1.165) is 57.7 Å². The molecule has 1 fully saturated rings. The molecule has 3 rings (SSSR count). The van der Waals surface area contributed by atoms with E-state index in [1.54, 1.807) is 0 Å². The summed E-state index contributed by atoms with van der Waals surface area (Å²) >= 11 is 0. The van der Waals surface area contributed by atoms with Crippen molar-refractivity contribution in [3.05, 3.63) is 48.3 Å². The van der Waals surface area contributed by atoms with Gasteiger partial charge in [-0.25, -0.2) is 4.68 Å². The highest BCUT2D eigenvalue weighted by molar-refractivity contribution is 5.76. The Hall–Kier alpha value is -2.18. The van der Waals surface area contributed by atoms with E-state index in [-0.39, 0.29) is 11.8 Å². The summed E-state index contributed by atoms with van der Waals surface area (Å²) in [6.45, 7) is 4.85. The molecule has 1 aliphatic heterocycles. The van der Waals surface area contributed by atoms with Gasteiger partial charge in [-0.2, -0.15) is 5.10 Å². The number of amides is 1. The van der Waals surface area contributed by atoms with Gasteiger partial charge in [0, 0.05) is 24.2 Å².